The number of carbonyl (C=O) groups is 1. The number of amides is 2. The van der Waals surface area contributed by atoms with E-state index in [0.29, 0.717) is 19.1 Å². The van der Waals surface area contributed by atoms with Gasteiger partial charge in [-0.2, -0.15) is 0 Å². The van der Waals surface area contributed by atoms with Crippen LogP contribution in [0.3, 0.4) is 0 Å². The zero-order valence-electron chi connectivity index (χ0n) is 12.2. The van der Waals surface area contributed by atoms with Crippen molar-refractivity contribution in [2.24, 2.45) is 5.92 Å². The van der Waals surface area contributed by atoms with Crippen molar-refractivity contribution in [3.8, 4) is 0 Å². The second-order valence-corrected chi connectivity index (χ2v) is 5.06. The third kappa shape index (κ3) is 5.30. The zero-order chi connectivity index (χ0) is 14.3. The van der Waals surface area contributed by atoms with Crippen LogP contribution in [-0.2, 0) is 17.9 Å². The highest BCUT2D eigenvalue weighted by Crippen LogP contribution is 2.09. The molecule has 1 unspecified atom stereocenters. The van der Waals surface area contributed by atoms with Crippen molar-refractivity contribution in [1.29, 1.82) is 0 Å². The number of urea groups is 1. The smallest absolute Gasteiger partial charge is 0.315 e. The predicted octanol–water partition coefficient (Wildman–Crippen LogP) is 2.68. The van der Waals surface area contributed by atoms with E-state index in [1.807, 2.05) is 31.2 Å². The predicted molar refractivity (Wildman–Crippen MR) is 76.8 cm³/mol. The molecule has 19 heavy (non-hydrogen) atoms. The topological polar surface area (TPSA) is 50.4 Å². The molecule has 2 amide bonds. The van der Waals surface area contributed by atoms with Crippen molar-refractivity contribution in [2.75, 3.05) is 7.11 Å². The molecule has 106 valence electrons. The van der Waals surface area contributed by atoms with Gasteiger partial charge in [-0.25, -0.2) is 4.79 Å². The maximum atomic E-state index is 11.7. The highest BCUT2D eigenvalue weighted by molar-refractivity contribution is 5.74. The van der Waals surface area contributed by atoms with E-state index >= 15 is 0 Å². The van der Waals surface area contributed by atoms with Crippen molar-refractivity contribution in [1.82, 2.24) is 10.6 Å². The van der Waals surface area contributed by atoms with Crippen LogP contribution in [0.25, 0.3) is 0 Å². The number of hydrogen-bond acceptors (Lipinski definition) is 2. The van der Waals surface area contributed by atoms with Crippen molar-refractivity contribution < 1.29 is 9.53 Å². The average molecular weight is 264 g/mol. The van der Waals surface area contributed by atoms with Crippen molar-refractivity contribution in [2.45, 2.75) is 40.0 Å². The molecule has 0 spiro atoms. The lowest BCUT2D eigenvalue weighted by Gasteiger charge is -2.18. The molecule has 0 radical (unpaired) electrons. The number of nitrogens with one attached hydrogen (secondary N) is 2. The molecule has 2 N–H and O–H groups in total. The second kappa shape index (κ2) is 7.79. The van der Waals surface area contributed by atoms with Gasteiger partial charge in [0, 0.05) is 19.7 Å². The molecule has 1 aromatic carbocycles. The summed E-state index contributed by atoms with van der Waals surface area (Å²) in [5.74, 6) is 0.423. The van der Waals surface area contributed by atoms with Gasteiger partial charge in [0.1, 0.15) is 0 Å². The van der Waals surface area contributed by atoms with Gasteiger partial charge in [0.15, 0.2) is 0 Å². The molecular formula is C15H24N2O2. The van der Waals surface area contributed by atoms with Gasteiger partial charge < -0.3 is 15.4 Å². The highest BCUT2D eigenvalue weighted by atomic mass is 16.5. The van der Waals surface area contributed by atoms with E-state index in [-0.39, 0.29) is 12.1 Å². The lowest BCUT2D eigenvalue weighted by atomic mass is 10.1. The monoisotopic (exact) mass is 264 g/mol. The Morgan fingerprint density at radius 1 is 1.21 bits per heavy atom. The molecule has 4 nitrogen and oxygen atoms in total. The molecule has 0 aliphatic carbocycles. The van der Waals surface area contributed by atoms with E-state index in [4.69, 9.17) is 4.74 Å². The molecule has 0 heterocycles. The summed E-state index contributed by atoms with van der Waals surface area (Å²) in [7, 11) is 1.67. The van der Waals surface area contributed by atoms with Crippen LogP contribution in [0.5, 0.6) is 0 Å². The van der Waals surface area contributed by atoms with Gasteiger partial charge in [-0.1, -0.05) is 38.1 Å². The summed E-state index contributed by atoms with van der Waals surface area (Å²) in [6.07, 6.45) is 0. The van der Waals surface area contributed by atoms with E-state index in [9.17, 15) is 4.79 Å². The summed E-state index contributed by atoms with van der Waals surface area (Å²) >= 11 is 0. The Morgan fingerprint density at radius 3 is 2.42 bits per heavy atom. The van der Waals surface area contributed by atoms with Gasteiger partial charge in [-0.05, 0) is 24.0 Å². The third-order valence-corrected chi connectivity index (χ3v) is 3.22. The molecule has 1 atom stereocenters. The van der Waals surface area contributed by atoms with E-state index in [1.165, 1.54) is 0 Å². The van der Waals surface area contributed by atoms with Gasteiger partial charge in [0.05, 0.1) is 6.61 Å². The lowest BCUT2D eigenvalue weighted by molar-refractivity contribution is 0.184. The Bertz CT molecular complexity index is 405. The summed E-state index contributed by atoms with van der Waals surface area (Å²) in [5, 5.41) is 5.80. The van der Waals surface area contributed by atoms with Crippen LogP contribution in [0.2, 0.25) is 0 Å². The first-order valence-corrected chi connectivity index (χ1v) is 6.64. The molecule has 0 saturated heterocycles. The number of carbonyl (C=O) groups excluding carboxylic acids is 1. The van der Waals surface area contributed by atoms with E-state index in [1.54, 1.807) is 7.11 Å². The average Bonchev–Trinajstić information content (AvgIpc) is 2.38. The summed E-state index contributed by atoms with van der Waals surface area (Å²) in [5.41, 5.74) is 2.18. The van der Waals surface area contributed by atoms with E-state index < -0.39 is 0 Å². The highest BCUT2D eigenvalue weighted by Gasteiger charge is 2.10. The molecule has 0 bridgehead atoms. The Balaban J connectivity index is 2.50. The van der Waals surface area contributed by atoms with Gasteiger partial charge >= 0.3 is 6.03 Å². The normalized spacial score (nSPS) is 12.3. The Labute approximate surface area is 115 Å². The number of hydrogen-bond donors (Lipinski definition) is 2. The number of methoxy groups -OCH3 is 1. The maximum Gasteiger partial charge on any atom is 0.315 e. The van der Waals surface area contributed by atoms with Gasteiger partial charge in [0.25, 0.3) is 0 Å². The second-order valence-electron chi connectivity index (χ2n) is 5.06. The maximum absolute atomic E-state index is 11.7. The first-order chi connectivity index (χ1) is 9.04. The fourth-order valence-corrected chi connectivity index (χ4v) is 1.63. The minimum Gasteiger partial charge on any atom is -0.380 e. The molecule has 0 aromatic heterocycles. The molecule has 1 aromatic rings. The lowest BCUT2D eigenvalue weighted by Crippen LogP contribution is -2.42. The van der Waals surface area contributed by atoms with Crippen molar-refractivity contribution >= 4 is 6.03 Å². The van der Waals surface area contributed by atoms with Crippen molar-refractivity contribution in [3.05, 3.63) is 35.4 Å². The summed E-state index contributed by atoms with van der Waals surface area (Å²) in [4.78, 5) is 11.7. The largest absolute Gasteiger partial charge is 0.380 e. The Morgan fingerprint density at radius 2 is 1.84 bits per heavy atom. The minimum absolute atomic E-state index is 0.131. The number of ether oxygens (including phenoxy) is 1. The molecular weight excluding hydrogens is 240 g/mol. The fraction of sp³-hybridized carbons (Fsp3) is 0.533. The van der Waals surface area contributed by atoms with E-state index in [0.717, 1.165) is 11.1 Å². The fourth-order valence-electron chi connectivity index (χ4n) is 1.63. The quantitative estimate of drug-likeness (QED) is 0.830. The van der Waals surface area contributed by atoms with Crippen LogP contribution in [0.1, 0.15) is 31.9 Å². The van der Waals surface area contributed by atoms with Crippen molar-refractivity contribution in [3.63, 3.8) is 0 Å². The van der Waals surface area contributed by atoms with Gasteiger partial charge in [-0.15, -0.1) is 0 Å². The van der Waals surface area contributed by atoms with Crippen LogP contribution < -0.4 is 10.6 Å². The van der Waals surface area contributed by atoms with Crippen LogP contribution in [0.4, 0.5) is 4.79 Å². The first kappa shape index (κ1) is 15.5. The van der Waals surface area contributed by atoms with Crippen LogP contribution in [-0.4, -0.2) is 19.2 Å². The standard InChI is InChI=1S/C15H24N2O2/c1-11(2)12(3)17-15(18)16-9-13-7-5-6-8-14(13)10-19-4/h5-8,11-12H,9-10H2,1-4H3,(H2,16,17,18). The molecule has 0 aliphatic heterocycles. The summed E-state index contributed by atoms with van der Waals surface area (Å²) in [6, 6.07) is 7.97. The van der Waals surface area contributed by atoms with Gasteiger partial charge in [0.2, 0.25) is 0 Å². The Kier molecular flexibility index (Phi) is 6.36. The van der Waals surface area contributed by atoms with Crippen LogP contribution >= 0.6 is 0 Å². The third-order valence-electron chi connectivity index (χ3n) is 3.22. The van der Waals surface area contributed by atoms with Gasteiger partial charge in [-0.3, -0.25) is 0 Å². The summed E-state index contributed by atoms with van der Waals surface area (Å²) < 4.78 is 5.14. The molecule has 1 rings (SSSR count). The van der Waals surface area contributed by atoms with Crippen LogP contribution in [0, 0.1) is 5.92 Å². The van der Waals surface area contributed by atoms with Crippen LogP contribution in [0.15, 0.2) is 24.3 Å². The molecule has 0 saturated carbocycles. The molecule has 0 fully saturated rings. The Hall–Kier alpha value is -1.55. The minimum atomic E-state index is -0.131. The first-order valence-electron chi connectivity index (χ1n) is 6.64. The zero-order valence-corrected chi connectivity index (χ0v) is 12.2. The van der Waals surface area contributed by atoms with E-state index in [2.05, 4.69) is 24.5 Å². The number of benzene rings is 1. The number of rotatable bonds is 6. The molecule has 0 aliphatic rings. The molecule has 4 heteroatoms. The SMILES string of the molecule is COCc1ccccc1CNC(=O)NC(C)C(C)C. The summed E-state index contributed by atoms with van der Waals surface area (Å²) in [6.45, 7) is 7.23.